The molecule has 5 rings (SSSR count). The summed E-state index contributed by atoms with van der Waals surface area (Å²) in [4.78, 5) is 25.1. The number of nitrogens with one attached hydrogen (secondary N) is 1. The number of aromatic nitrogens is 2. The highest BCUT2D eigenvalue weighted by Gasteiger charge is 2.51. The molecule has 0 unspecified atom stereocenters. The van der Waals surface area contributed by atoms with E-state index in [0.717, 1.165) is 67.5 Å². The summed E-state index contributed by atoms with van der Waals surface area (Å²) in [6, 6.07) is 9.91. The van der Waals surface area contributed by atoms with E-state index in [4.69, 9.17) is 9.47 Å². The number of carbonyl (C=O) groups is 1. The summed E-state index contributed by atoms with van der Waals surface area (Å²) >= 11 is 0. The Hall–Kier alpha value is -3.22. The summed E-state index contributed by atoms with van der Waals surface area (Å²) < 4.78 is 11.5. The number of hydrogen-bond acceptors (Lipinski definition) is 4. The van der Waals surface area contributed by atoms with Crippen molar-refractivity contribution in [3.8, 4) is 11.5 Å². The van der Waals surface area contributed by atoms with E-state index < -0.39 is 0 Å². The summed E-state index contributed by atoms with van der Waals surface area (Å²) in [5.74, 6) is 1.40. The van der Waals surface area contributed by atoms with Gasteiger partial charge in [0.25, 0.3) is 0 Å². The molecule has 0 bridgehead atoms. The van der Waals surface area contributed by atoms with Crippen LogP contribution in [-0.4, -0.2) is 47.7 Å². The van der Waals surface area contributed by atoms with Gasteiger partial charge in [-0.2, -0.15) is 0 Å². The quantitative estimate of drug-likeness (QED) is 0.447. The molecule has 1 aromatic carbocycles. The zero-order valence-corrected chi connectivity index (χ0v) is 19.5. The minimum Gasteiger partial charge on any atom is -0.493 e. The largest absolute Gasteiger partial charge is 0.493 e. The third-order valence-corrected chi connectivity index (χ3v) is 6.85. The predicted molar refractivity (Wildman–Crippen MR) is 129 cm³/mol. The molecule has 2 aliphatic rings. The van der Waals surface area contributed by atoms with Gasteiger partial charge in [-0.15, -0.1) is 0 Å². The number of pyridine rings is 1. The van der Waals surface area contributed by atoms with Gasteiger partial charge >= 0.3 is 6.03 Å². The molecule has 174 valence electrons. The van der Waals surface area contributed by atoms with Crippen LogP contribution in [0.25, 0.3) is 11.0 Å². The standard InChI is InChI=1S/C26H32N4O3/c1-3-4-5-14-33-23-15-20(6-7-22(23)32-2)30-18-26(10-11-26)17-29(25(30)31)16-19-8-12-27-24-21(19)9-13-28-24/h6-9,12-13,15H,3-5,10-11,14,16-18H2,1-2H3,(H,27,28). The lowest BCUT2D eigenvalue weighted by Gasteiger charge is -2.41. The number of unbranched alkanes of at least 4 members (excludes halogenated alkanes) is 2. The molecule has 1 N–H and O–H groups in total. The van der Waals surface area contributed by atoms with Crippen LogP contribution in [-0.2, 0) is 6.54 Å². The second-order valence-electron chi connectivity index (χ2n) is 9.33. The molecule has 7 nitrogen and oxygen atoms in total. The number of rotatable bonds is 9. The van der Waals surface area contributed by atoms with Crippen molar-refractivity contribution in [1.82, 2.24) is 14.9 Å². The van der Waals surface area contributed by atoms with Gasteiger partial charge < -0.3 is 19.4 Å². The maximum absolute atomic E-state index is 13.6. The lowest BCUT2D eigenvalue weighted by molar-refractivity contribution is 0.169. The van der Waals surface area contributed by atoms with Crippen molar-refractivity contribution in [3.63, 3.8) is 0 Å². The Balaban J connectivity index is 1.40. The van der Waals surface area contributed by atoms with E-state index in [1.54, 1.807) is 13.3 Å². The molecule has 3 heterocycles. The third-order valence-electron chi connectivity index (χ3n) is 6.85. The average molecular weight is 449 g/mol. The Morgan fingerprint density at radius 2 is 2.00 bits per heavy atom. The summed E-state index contributed by atoms with van der Waals surface area (Å²) in [6.07, 6.45) is 9.29. The molecular formula is C26H32N4O3. The van der Waals surface area contributed by atoms with Crippen LogP contribution in [0.5, 0.6) is 11.5 Å². The second kappa shape index (κ2) is 8.96. The molecular weight excluding hydrogens is 416 g/mol. The van der Waals surface area contributed by atoms with E-state index in [-0.39, 0.29) is 11.4 Å². The molecule has 7 heteroatoms. The molecule has 0 atom stereocenters. The van der Waals surface area contributed by atoms with Crippen molar-refractivity contribution < 1.29 is 14.3 Å². The van der Waals surface area contributed by atoms with Crippen LogP contribution >= 0.6 is 0 Å². The summed E-state index contributed by atoms with van der Waals surface area (Å²) in [5.41, 5.74) is 3.01. The molecule has 1 spiro atoms. The Morgan fingerprint density at radius 1 is 1.12 bits per heavy atom. The first-order valence-corrected chi connectivity index (χ1v) is 11.9. The zero-order chi connectivity index (χ0) is 22.8. The van der Waals surface area contributed by atoms with E-state index >= 15 is 0 Å². The molecule has 1 saturated heterocycles. The van der Waals surface area contributed by atoms with E-state index in [1.807, 2.05) is 46.3 Å². The van der Waals surface area contributed by atoms with Gasteiger partial charge in [0.2, 0.25) is 0 Å². The number of urea groups is 1. The summed E-state index contributed by atoms with van der Waals surface area (Å²) in [6.45, 7) is 4.94. The highest BCUT2D eigenvalue weighted by atomic mass is 16.5. The van der Waals surface area contributed by atoms with Crippen molar-refractivity contribution in [2.75, 3.05) is 31.7 Å². The highest BCUT2D eigenvalue weighted by Crippen LogP contribution is 2.50. The number of H-pyrrole nitrogens is 1. The zero-order valence-electron chi connectivity index (χ0n) is 19.5. The highest BCUT2D eigenvalue weighted by molar-refractivity contribution is 5.94. The van der Waals surface area contributed by atoms with Gasteiger partial charge in [0.1, 0.15) is 5.65 Å². The lowest BCUT2D eigenvalue weighted by Crippen LogP contribution is -2.54. The molecule has 2 amide bonds. The molecule has 1 saturated carbocycles. The maximum atomic E-state index is 13.6. The van der Waals surface area contributed by atoms with Gasteiger partial charge in [-0.05, 0) is 49.1 Å². The first-order chi connectivity index (χ1) is 16.1. The normalized spacial score (nSPS) is 17.1. The molecule has 2 aromatic heterocycles. The molecule has 0 radical (unpaired) electrons. The topological polar surface area (TPSA) is 70.7 Å². The molecule has 3 aromatic rings. The monoisotopic (exact) mass is 448 g/mol. The minimum absolute atomic E-state index is 0.0372. The molecule has 1 aliphatic heterocycles. The summed E-state index contributed by atoms with van der Waals surface area (Å²) in [7, 11) is 1.65. The maximum Gasteiger partial charge on any atom is 0.324 e. The number of benzene rings is 1. The van der Waals surface area contributed by atoms with Crippen LogP contribution in [0.1, 0.15) is 44.6 Å². The van der Waals surface area contributed by atoms with Crippen LogP contribution in [0.4, 0.5) is 10.5 Å². The van der Waals surface area contributed by atoms with E-state index in [9.17, 15) is 4.79 Å². The van der Waals surface area contributed by atoms with Crippen LogP contribution in [0.15, 0.2) is 42.7 Å². The number of carbonyl (C=O) groups excluding carboxylic acids is 1. The number of nitrogens with zero attached hydrogens (tertiary/aromatic N) is 3. The van der Waals surface area contributed by atoms with Crippen LogP contribution in [0, 0.1) is 5.41 Å². The average Bonchev–Trinajstić information content (AvgIpc) is 3.39. The van der Waals surface area contributed by atoms with Gasteiger partial charge in [0.05, 0.1) is 13.7 Å². The van der Waals surface area contributed by atoms with Gasteiger partial charge in [-0.1, -0.05) is 19.8 Å². The Kier molecular flexibility index (Phi) is 5.87. The number of methoxy groups -OCH3 is 1. The van der Waals surface area contributed by atoms with Crippen LogP contribution in [0.3, 0.4) is 0 Å². The van der Waals surface area contributed by atoms with Crippen LogP contribution in [0.2, 0.25) is 0 Å². The fraction of sp³-hybridized carbons (Fsp3) is 0.462. The first-order valence-electron chi connectivity index (χ1n) is 11.9. The number of hydrogen-bond donors (Lipinski definition) is 1. The van der Waals surface area contributed by atoms with Crippen molar-refractivity contribution in [2.45, 2.75) is 45.6 Å². The number of fused-ring (bicyclic) bond motifs is 1. The smallest absolute Gasteiger partial charge is 0.324 e. The fourth-order valence-corrected chi connectivity index (χ4v) is 4.76. The Morgan fingerprint density at radius 3 is 2.79 bits per heavy atom. The van der Waals surface area contributed by atoms with Crippen molar-refractivity contribution in [1.29, 1.82) is 0 Å². The van der Waals surface area contributed by atoms with Gasteiger partial charge in [-0.3, -0.25) is 4.90 Å². The van der Waals surface area contributed by atoms with E-state index in [2.05, 4.69) is 16.9 Å². The first kappa shape index (κ1) is 21.6. The molecule has 1 aliphatic carbocycles. The second-order valence-corrected chi connectivity index (χ2v) is 9.33. The Labute approximate surface area is 194 Å². The van der Waals surface area contributed by atoms with Crippen molar-refractivity contribution >= 4 is 22.8 Å². The minimum atomic E-state index is 0.0372. The van der Waals surface area contributed by atoms with E-state index in [1.165, 1.54) is 0 Å². The van der Waals surface area contributed by atoms with E-state index in [0.29, 0.717) is 24.7 Å². The number of anilines is 1. The third kappa shape index (κ3) is 4.36. The Bertz CT molecular complexity index is 1140. The van der Waals surface area contributed by atoms with Crippen molar-refractivity contribution in [3.05, 3.63) is 48.3 Å². The molecule has 2 fully saturated rings. The van der Waals surface area contributed by atoms with Gasteiger partial charge in [0.15, 0.2) is 11.5 Å². The SMILES string of the molecule is CCCCCOc1cc(N2CC3(CC3)CN(Cc3ccnc4[nH]ccc34)C2=O)ccc1OC. The number of aromatic amines is 1. The van der Waals surface area contributed by atoms with Crippen molar-refractivity contribution in [2.24, 2.45) is 5.41 Å². The van der Waals surface area contributed by atoms with Gasteiger partial charge in [-0.25, -0.2) is 9.78 Å². The lowest BCUT2D eigenvalue weighted by atomic mass is 10.0. The fourth-order valence-electron chi connectivity index (χ4n) is 4.76. The van der Waals surface area contributed by atoms with Gasteiger partial charge in [0, 0.05) is 54.6 Å². The number of amides is 2. The molecule has 33 heavy (non-hydrogen) atoms. The summed E-state index contributed by atoms with van der Waals surface area (Å²) in [5, 5.41) is 1.07. The number of ether oxygens (including phenoxy) is 2. The predicted octanol–water partition coefficient (Wildman–Crippen LogP) is 5.36. The van der Waals surface area contributed by atoms with Crippen LogP contribution < -0.4 is 14.4 Å².